The summed E-state index contributed by atoms with van der Waals surface area (Å²) in [6.45, 7) is -2.63. The van der Waals surface area contributed by atoms with E-state index in [1.54, 1.807) is 12.1 Å². The van der Waals surface area contributed by atoms with Crippen LogP contribution in [0.3, 0.4) is 0 Å². The number of methoxy groups -OCH3 is 1. The maximum Gasteiger partial charge on any atom is 0.387 e. The Labute approximate surface area is 151 Å². The maximum atomic E-state index is 13.0. The second kappa shape index (κ2) is 8.75. The van der Waals surface area contributed by atoms with E-state index in [-0.39, 0.29) is 17.4 Å². The highest BCUT2D eigenvalue weighted by Crippen LogP contribution is 2.29. The van der Waals surface area contributed by atoms with E-state index in [1.165, 1.54) is 31.4 Å². The Morgan fingerprint density at radius 3 is 2.60 bits per heavy atom. The minimum atomic E-state index is -2.94. The molecule has 0 saturated carbocycles. The molecular weight excluding hydrogens is 403 g/mol. The molecule has 2 aromatic carbocycles. The molecule has 8 heteroatoms. The summed E-state index contributed by atoms with van der Waals surface area (Å²) >= 11 is 3.14. The average molecular weight is 418 g/mol. The van der Waals surface area contributed by atoms with Gasteiger partial charge in [0.15, 0.2) is 11.5 Å². The Balaban J connectivity index is 1.96. The van der Waals surface area contributed by atoms with E-state index in [1.807, 2.05) is 0 Å². The number of amides is 1. The largest absolute Gasteiger partial charge is 0.493 e. The number of ether oxygens (including phenoxy) is 2. The molecule has 25 heavy (non-hydrogen) atoms. The van der Waals surface area contributed by atoms with Crippen LogP contribution in [-0.4, -0.2) is 26.2 Å². The Hall–Kier alpha value is -2.22. The number of alkyl halides is 2. The van der Waals surface area contributed by atoms with Gasteiger partial charge in [0.2, 0.25) is 0 Å². The van der Waals surface area contributed by atoms with Crippen LogP contribution in [0.5, 0.6) is 11.5 Å². The van der Waals surface area contributed by atoms with Gasteiger partial charge in [-0.3, -0.25) is 4.79 Å². The first-order valence-corrected chi connectivity index (χ1v) is 8.05. The fourth-order valence-corrected chi connectivity index (χ4v) is 2.68. The van der Waals surface area contributed by atoms with E-state index < -0.39 is 12.4 Å². The van der Waals surface area contributed by atoms with Gasteiger partial charge in [-0.1, -0.05) is 6.07 Å². The van der Waals surface area contributed by atoms with Crippen molar-refractivity contribution in [3.05, 3.63) is 57.8 Å². The topological polar surface area (TPSA) is 47.6 Å². The summed E-state index contributed by atoms with van der Waals surface area (Å²) in [6.07, 6.45) is 0.454. The highest BCUT2D eigenvalue weighted by atomic mass is 79.9. The molecule has 2 aromatic rings. The van der Waals surface area contributed by atoms with Gasteiger partial charge in [0.05, 0.1) is 12.7 Å². The van der Waals surface area contributed by atoms with Crippen molar-refractivity contribution in [3.63, 3.8) is 0 Å². The van der Waals surface area contributed by atoms with Crippen molar-refractivity contribution in [2.45, 2.75) is 13.0 Å². The van der Waals surface area contributed by atoms with Crippen molar-refractivity contribution in [3.8, 4) is 11.5 Å². The molecule has 0 aliphatic rings. The quantitative estimate of drug-likeness (QED) is 0.735. The molecule has 0 aromatic heterocycles. The number of hydrogen-bond acceptors (Lipinski definition) is 3. The van der Waals surface area contributed by atoms with E-state index in [2.05, 4.69) is 26.0 Å². The van der Waals surface area contributed by atoms with Crippen LogP contribution in [0, 0.1) is 5.82 Å². The molecule has 0 bridgehead atoms. The van der Waals surface area contributed by atoms with Crippen molar-refractivity contribution in [2.24, 2.45) is 0 Å². The molecule has 0 spiro atoms. The van der Waals surface area contributed by atoms with Crippen LogP contribution in [0.1, 0.15) is 15.9 Å². The van der Waals surface area contributed by atoms with Crippen molar-refractivity contribution in [1.82, 2.24) is 5.32 Å². The third kappa shape index (κ3) is 5.38. The number of carbonyl (C=O) groups is 1. The molecule has 2 rings (SSSR count). The Morgan fingerprint density at radius 1 is 1.20 bits per heavy atom. The molecule has 1 N–H and O–H groups in total. The highest BCUT2D eigenvalue weighted by molar-refractivity contribution is 9.10. The molecule has 1 amide bonds. The molecule has 134 valence electrons. The zero-order valence-corrected chi connectivity index (χ0v) is 14.8. The fourth-order valence-electron chi connectivity index (χ4n) is 2.15. The molecule has 0 fully saturated rings. The van der Waals surface area contributed by atoms with Crippen molar-refractivity contribution in [1.29, 1.82) is 0 Å². The van der Waals surface area contributed by atoms with Gasteiger partial charge >= 0.3 is 6.61 Å². The zero-order chi connectivity index (χ0) is 18.4. The lowest BCUT2D eigenvalue weighted by atomic mass is 10.1. The summed E-state index contributed by atoms with van der Waals surface area (Å²) in [5, 5.41) is 2.71. The summed E-state index contributed by atoms with van der Waals surface area (Å²) in [4.78, 5) is 12.1. The highest BCUT2D eigenvalue weighted by Gasteiger charge is 2.12. The molecule has 0 atom stereocenters. The van der Waals surface area contributed by atoms with Crippen LogP contribution in [0.25, 0.3) is 0 Å². The lowest BCUT2D eigenvalue weighted by Crippen LogP contribution is -2.26. The van der Waals surface area contributed by atoms with E-state index in [0.717, 1.165) is 5.56 Å². The first-order valence-electron chi connectivity index (χ1n) is 7.25. The lowest BCUT2D eigenvalue weighted by molar-refractivity contribution is -0.0512. The molecule has 0 aliphatic carbocycles. The van der Waals surface area contributed by atoms with Crippen LogP contribution in [0.2, 0.25) is 0 Å². The van der Waals surface area contributed by atoms with Gasteiger partial charge in [0, 0.05) is 11.0 Å². The zero-order valence-electron chi connectivity index (χ0n) is 13.2. The smallest absolute Gasteiger partial charge is 0.387 e. The Kier molecular flexibility index (Phi) is 6.69. The van der Waals surface area contributed by atoms with Crippen LogP contribution in [0.15, 0.2) is 40.9 Å². The Morgan fingerprint density at radius 2 is 1.96 bits per heavy atom. The SMILES string of the molecule is COc1cc(CCNC(=O)c2ccc(F)cc2Br)ccc1OC(F)F. The molecule has 0 aliphatic heterocycles. The second-order valence-corrected chi connectivity index (χ2v) is 5.85. The summed E-state index contributed by atoms with van der Waals surface area (Å²) in [5.74, 6) is -0.663. The van der Waals surface area contributed by atoms with Gasteiger partial charge in [-0.25, -0.2) is 4.39 Å². The minimum absolute atomic E-state index is 0.0551. The van der Waals surface area contributed by atoms with Crippen LogP contribution in [0.4, 0.5) is 13.2 Å². The van der Waals surface area contributed by atoms with Gasteiger partial charge in [0.1, 0.15) is 5.82 Å². The maximum absolute atomic E-state index is 13.0. The number of halogens is 4. The number of benzene rings is 2. The van der Waals surface area contributed by atoms with Crippen molar-refractivity contribution < 1.29 is 27.4 Å². The third-order valence-electron chi connectivity index (χ3n) is 3.32. The van der Waals surface area contributed by atoms with Crippen molar-refractivity contribution >= 4 is 21.8 Å². The van der Waals surface area contributed by atoms with Gasteiger partial charge < -0.3 is 14.8 Å². The minimum Gasteiger partial charge on any atom is -0.493 e. The number of rotatable bonds is 7. The summed E-state index contributed by atoms with van der Waals surface area (Å²) < 4.78 is 47.4. The van der Waals surface area contributed by atoms with Crippen LogP contribution in [-0.2, 0) is 6.42 Å². The van der Waals surface area contributed by atoms with Crippen molar-refractivity contribution in [2.75, 3.05) is 13.7 Å². The van der Waals surface area contributed by atoms with E-state index in [9.17, 15) is 18.0 Å². The number of carbonyl (C=O) groups excluding carboxylic acids is 1. The van der Waals surface area contributed by atoms with Gasteiger partial charge in [-0.2, -0.15) is 8.78 Å². The number of nitrogens with one attached hydrogen (secondary N) is 1. The molecule has 0 heterocycles. The first-order chi connectivity index (χ1) is 11.9. The fraction of sp³-hybridized carbons (Fsp3) is 0.235. The normalized spacial score (nSPS) is 10.6. The van der Waals surface area contributed by atoms with Crippen LogP contribution < -0.4 is 14.8 Å². The monoisotopic (exact) mass is 417 g/mol. The Bertz CT molecular complexity index is 756. The molecule has 4 nitrogen and oxygen atoms in total. The van der Waals surface area contributed by atoms with Gasteiger partial charge in [-0.15, -0.1) is 0 Å². The van der Waals surface area contributed by atoms with E-state index in [4.69, 9.17) is 4.74 Å². The predicted octanol–water partition coefficient (Wildman–Crippen LogP) is 4.17. The van der Waals surface area contributed by atoms with Gasteiger partial charge in [0.25, 0.3) is 5.91 Å². The van der Waals surface area contributed by atoms with Gasteiger partial charge in [-0.05, 0) is 58.2 Å². The first kappa shape index (κ1) is 19.1. The van der Waals surface area contributed by atoms with E-state index >= 15 is 0 Å². The number of hydrogen-bond donors (Lipinski definition) is 1. The second-order valence-electron chi connectivity index (χ2n) is 4.99. The molecular formula is C17H15BrF3NO3. The van der Waals surface area contributed by atoms with E-state index in [0.29, 0.717) is 23.0 Å². The third-order valence-corrected chi connectivity index (χ3v) is 3.98. The summed E-state index contributed by atoms with van der Waals surface area (Å²) in [6, 6.07) is 8.36. The lowest BCUT2D eigenvalue weighted by Gasteiger charge is -2.12. The molecule has 0 radical (unpaired) electrons. The molecule has 0 saturated heterocycles. The summed E-state index contributed by atoms with van der Waals surface area (Å²) in [7, 11) is 1.35. The predicted molar refractivity (Wildman–Crippen MR) is 89.8 cm³/mol. The standard InChI is InChI=1S/C17H15BrF3NO3/c1-24-15-8-10(2-5-14(15)25-17(20)21)6-7-22-16(23)12-4-3-11(19)9-13(12)18/h2-5,8-9,17H,6-7H2,1H3,(H,22,23). The average Bonchev–Trinajstić information content (AvgIpc) is 2.55. The molecule has 0 unspecified atom stereocenters. The van der Waals surface area contributed by atoms with Crippen LogP contribution >= 0.6 is 15.9 Å². The summed E-state index contributed by atoms with van der Waals surface area (Å²) in [5.41, 5.74) is 1.09.